The standard InChI is InChI=1S/C24H30N2O3S2/c1-17(2)13-22(27)26-20-6-3-5-18(14-20)15-25-23(28)16-29-21-9-7-19(8-10-21)24-30-11-4-12-31-24/h3,5-10,14,17,24H,4,11-13,15-16H2,1-2H3,(H,25,28)(H,26,27). The van der Waals surface area contributed by atoms with Crippen molar-refractivity contribution in [2.75, 3.05) is 23.4 Å². The van der Waals surface area contributed by atoms with Gasteiger partial charge in [-0.2, -0.15) is 0 Å². The van der Waals surface area contributed by atoms with Gasteiger partial charge in [0.05, 0.1) is 4.58 Å². The highest BCUT2D eigenvalue weighted by Crippen LogP contribution is 2.43. The molecule has 0 aromatic heterocycles. The molecule has 0 saturated carbocycles. The average molecular weight is 459 g/mol. The summed E-state index contributed by atoms with van der Waals surface area (Å²) in [5.74, 6) is 3.24. The van der Waals surface area contributed by atoms with E-state index in [0.29, 0.717) is 29.2 Å². The molecular weight excluding hydrogens is 428 g/mol. The molecule has 1 saturated heterocycles. The van der Waals surface area contributed by atoms with Crippen molar-refractivity contribution in [3.63, 3.8) is 0 Å². The molecule has 0 unspecified atom stereocenters. The molecule has 0 spiro atoms. The third-order valence-corrected chi connectivity index (χ3v) is 7.66. The monoisotopic (exact) mass is 458 g/mol. The Labute approximate surface area is 193 Å². The van der Waals surface area contributed by atoms with E-state index < -0.39 is 0 Å². The van der Waals surface area contributed by atoms with Crippen LogP contribution in [0.3, 0.4) is 0 Å². The molecule has 1 heterocycles. The maximum atomic E-state index is 12.2. The first-order chi connectivity index (χ1) is 15.0. The first kappa shape index (κ1) is 23.5. The Balaban J connectivity index is 1.42. The van der Waals surface area contributed by atoms with Gasteiger partial charge in [0, 0.05) is 18.7 Å². The fraction of sp³-hybridized carbons (Fsp3) is 0.417. The van der Waals surface area contributed by atoms with Crippen molar-refractivity contribution in [2.24, 2.45) is 5.92 Å². The lowest BCUT2D eigenvalue weighted by molar-refractivity contribution is -0.123. The van der Waals surface area contributed by atoms with Gasteiger partial charge in [-0.25, -0.2) is 0 Å². The first-order valence-corrected chi connectivity index (χ1v) is 12.7. The van der Waals surface area contributed by atoms with Crippen molar-refractivity contribution < 1.29 is 14.3 Å². The van der Waals surface area contributed by atoms with Crippen LogP contribution in [-0.2, 0) is 16.1 Å². The Bertz CT molecular complexity index is 865. The molecule has 0 bridgehead atoms. The summed E-state index contributed by atoms with van der Waals surface area (Å²) < 4.78 is 6.13. The number of anilines is 1. The predicted octanol–water partition coefficient (Wildman–Crippen LogP) is 5.24. The van der Waals surface area contributed by atoms with E-state index in [1.165, 1.54) is 23.5 Å². The molecule has 166 valence electrons. The molecule has 0 atom stereocenters. The second-order valence-corrected chi connectivity index (χ2v) is 10.6. The number of thioether (sulfide) groups is 2. The van der Waals surface area contributed by atoms with Crippen LogP contribution in [0.4, 0.5) is 5.69 Å². The van der Waals surface area contributed by atoms with Gasteiger partial charge in [-0.15, -0.1) is 23.5 Å². The van der Waals surface area contributed by atoms with Gasteiger partial charge in [0.15, 0.2) is 6.61 Å². The maximum absolute atomic E-state index is 12.2. The normalized spacial score (nSPS) is 14.3. The van der Waals surface area contributed by atoms with Crippen LogP contribution in [-0.4, -0.2) is 29.9 Å². The van der Waals surface area contributed by atoms with Gasteiger partial charge in [0.1, 0.15) is 5.75 Å². The van der Waals surface area contributed by atoms with Gasteiger partial charge >= 0.3 is 0 Å². The van der Waals surface area contributed by atoms with E-state index in [9.17, 15) is 9.59 Å². The zero-order valence-corrected chi connectivity index (χ0v) is 19.7. The highest BCUT2D eigenvalue weighted by Gasteiger charge is 2.16. The van der Waals surface area contributed by atoms with Crippen LogP contribution in [0.5, 0.6) is 5.75 Å². The number of rotatable bonds is 9. The third-order valence-electron chi connectivity index (χ3n) is 4.64. The fourth-order valence-corrected chi connectivity index (χ4v) is 6.04. The second kappa shape index (κ2) is 12.1. The minimum absolute atomic E-state index is 0.00345. The van der Waals surface area contributed by atoms with Crippen LogP contribution in [0, 0.1) is 5.92 Å². The summed E-state index contributed by atoms with van der Waals surface area (Å²) in [6, 6.07) is 15.5. The van der Waals surface area contributed by atoms with E-state index in [1.54, 1.807) is 0 Å². The van der Waals surface area contributed by atoms with Gasteiger partial charge in [0.2, 0.25) is 5.91 Å². The van der Waals surface area contributed by atoms with Gasteiger partial charge in [0.25, 0.3) is 5.91 Å². The van der Waals surface area contributed by atoms with E-state index in [4.69, 9.17) is 4.74 Å². The fourth-order valence-electron chi connectivity index (χ4n) is 3.14. The number of hydrogen-bond acceptors (Lipinski definition) is 5. The predicted molar refractivity (Wildman–Crippen MR) is 131 cm³/mol. The summed E-state index contributed by atoms with van der Waals surface area (Å²) in [4.78, 5) is 24.1. The van der Waals surface area contributed by atoms with Crippen LogP contribution in [0.15, 0.2) is 48.5 Å². The molecule has 2 aromatic rings. The van der Waals surface area contributed by atoms with Crippen molar-refractivity contribution in [3.8, 4) is 5.75 Å². The smallest absolute Gasteiger partial charge is 0.258 e. The lowest BCUT2D eigenvalue weighted by atomic mass is 10.1. The number of carbonyl (C=O) groups is 2. The lowest BCUT2D eigenvalue weighted by Crippen LogP contribution is -2.28. The summed E-state index contributed by atoms with van der Waals surface area (Å²) in [6.07, 6.45) is 1.76. The SMILES string of the molecule is CC(C)CC(=O)Nc1cccc(CNC(=O)COc2ccc(C3SCCCS3)cc2)c1. The molecule has 1 aliphatic rings. The van der Waals surface area contributed by atoms with E-state index in [2.05, 4.69) is 22.8 Å². The van der Waals surface area contributed by atoms with E-state index >= 15 is 0 Å². The minimum Gasteiger partial charge on any atom is -0.484 e. The van der Waals surface area contributed by atoms with Crippen molar-refractivity contribution in [1.82, 2.24) is 5.32 Å². The van der Waals surface area contributed by atoms with E-state index in [-0.39, 0.29) is 18.4 Å². The van der Waals surface area contributed by atoms with Crippen molar-refractivity contribution in [3.05, 3.63) is 59.7 Å². The largest absolute Gasteiger partial charge is 0.484 e. The molecule has 2 amide bonds. The molecule has 2 N–H and O–H groups in total. The van der Waals surface area contributed by atoms with Gasteiger partial charge in [-0.1, -0.05) is 38.1 Å². The molecule has 1 aliphatic heterocycles. The Morgan fingerprint density at radius 1 is 1.06 bits per heavy atom. The zero-order valence-electron chi connectivity index (χ0n) is 18.1. The molecule has 2 aromatic carbocycles. The van der Waals surface area contributed by atoms with Crippen molar-refractivity contribution in [2.45, 2.75) is 37.8 Å². The molecule has 1 fully saturated rings. The number of carbonyl (C=O) groups excluding carboxylic acids is 2. The topological polar surface area (TPSA) is 67.4 Å². The molecular formula is C24H30N2O3S2. The summed E-state index contributed by atoms with van der Waals surface area (Å²) in [5, 5.41) is 5.76. The molecule has 0 radical (unpaired) electrons. The quantitative estimate of drug-likeness (QED) is 0.538. The lowest BCUT2D eigenvalue weighted by Gasteiger charge is -2.21. The van der Waals surface area contributed by atoms with Gasteiger partial charge in [-0.05, 0) is 59.2 Å². The highest BCUT2D eigenvalue weighted by atomic mass is 32.2. The van der Waals surface area contributed by atoms with Gasteiger partial charge < -0.3 is 15.4 Å². The van der Waals surface area contributed by atoms with E-state index in [0.717, 1.165) is 11.3 Å². The van der Waals surface area contributed by atoms with Crippen molar-refractivity contribution in [1.29, 1.82) is 0 Å². The number of hydrogen-bond donors (Lipinski definition) is 2. The second-order valence-electron chi connectivity index (χ2n) is 7.91. The molecule has 3 rings (SSSR count). The molecule has 5 nitrogen and oxygen atoms in total. The minimum atomic E-state index is -0.184. The Hall–Kier alpha value is -2.12. The van der Waals surface area contributed by atoms with Crippen LogP contribution in [0.25, 0.3) is 0 Å². The average Bonchev–Trinajstić information content (AvgIpc) is 2.77. The highest BCUT2D eigenvalue weighted by molar-refractivity contribution is 8.16. The number of nitrogens with one attached hydrogen (secondary N) is 2. The van der Waals surface area contributed by atoms with Crippen LogP contribution >= 0.6 is 23.5 Å². The van der Waals surface area contributed by atoms with Crippen LogP contribution in [0.2, 0.25) is 0 Å². The first-order valence-electron chi connectivity index (χ1n) is 10.6. The molecule has 31 heavy (non-hydrogen) atoms. The molecule has 7 heteroatoms. The van der Waals surface area contributed by atoms with Crippen LogP contribution < -0.4 is 15.4 Å². The third kappa shape index (κ3) is 8.15. The summed E-state index contributed by atoms with van der Waals surface area (Å²) in [7, 11) is 0. The maximum Gasteiger partial charge on any atom is 0.258 e. The Kier molecular flexibility index (Phi) is 9.15. The van der Waals surface area contributed by atoms with Crippen molar-refractivity contribution >= 4 is 41.0 Å². The summed E-state index contributed by atoms with van der Waals surface area (Å²) in [6.45, 7) is 4.37. The number of benzene rings is 2. The van der Waals surface area contributed by atoms with Crippen LogP contribution in [0.1, 0.15) is 42.4 Å². The molecule has 0 aliphatic carbocycles. The number of amides is 2. The Morgan fingerprint density at radius 2 is 1.81 bits per heavy atom. The van der Waals surface area contributed by atoms with E-state index in [1.807, 2.05) is 73.8 Å². The summed E-state index contributed by atoms with van der Waals surface area (Å²) >= 11 is 3.97. The Morgan fingerprint density at radius 3 is 2.52 bits per heavy atom. The summed E-state index contributed by atoms with van der Waals surface area (Å²) in [5.41, 5.74) is 2.96. The number of ether oxygens (including phenoxy) is 1. The zero-order chi connectivity index (χ0) is 22.1. The van der Waals surface area contributed by atoms with Gasteiger partial charge in [-0.3, -0.25) is 9.59 Å².